The third kappa shape index (κ3) is 7.95. The number of carbonyl (C=O) groups excluding carboxylic acids is 1. The van der Waals surface area contributed by atoms with Gasteiger partial charge in [0.25, 0.3) is 0 Å². The summed E-state index contributed by atoms with van der Waals surface area (Å²) in [4.78, 5) is 14.6. The normalized spacial score (nSPS) is 17.5. The van der Waals surface area contributed by atoms with Gasteiger partial charge < -0.3 is 10.6 Å². The fraction of sp³-hybridized carbons (Fsp3) is 0.632. The fourth-order valence-corrected chi connectivity index (χ4v) is 3.40. The van der Waals surface area contributed by atoms with Crippen LogP contribution in [0.4, 0.5) is 0 Å². The van der Waals surface area contributed by atoms with Gasteiger partial charge in [0.05, 0.1) is 6.04 Å². The molecule has 0 saturated carbocycles. The highest BCUT2D eigenvalue weighted by Crippen LogP contribution is 2.19. The SMILES string of the molecule is CCN(CC)C(CNC(=O)CCC1CCCN1)c1ccccc1.Cl.Cl. The van der Waals surface area contributed by atoms with Gasteiger partial charge in [0.2, 0.25) is 5.91 Å². The molecule has 1 amide bonds. The lowest BCUT2D eigenvalue weighted by molar-refractivity contribution is -0.121. The predicted octanol–water partition coefficient (Wildman–Crippen LogP) is 3.56. The number of hydrogen-bond acceptors (Lipinski definition) is 3. The van der Waals surface area contributed by atoms with Crippen LogP contribution in [0, 0.1) is 0 Å². The molecule has 1 aromatic rings. The van der Waals surface area contributed by atoms with E-state index in [1.54, 1.807) is 0 Å². The highest BCUT2D eigenvalue weighted by Gasteiger charge is 2.19. The van der Waals surface area contributed by atoms with Crippen molar-refractivity contribution in [2.75, 3.05) is 26.2 Å². The Labute approximate surface area is 164 Å². The van der Waals surface area contributed by atoms with E-state index < -0.39 is 0 Å². The summed E-state index contributed by atoms with van der Waals surface area (Å²) in [6.45, 7) is 8.10. The van der Waals surface area contributed by atoms with Crippen LogP contribution in [0.1, 0.15) is 51.1 Å². The number of rotatable bonds is 9. The van der Waals surface area contributed by atoms with Gasteiger partial charge in [-0.05, 0) is 44.5 Å². The van der Waals surface area contributed by atoms with Gasteiger partial charge >= 0.3 is 0 Å². The molecule has 0 radical (unpaired) electrons. The number of amides is 1. The van der Waals surface area contributed by atoms with Gasteiger partial charge in [-0.15, -0.1) is 24.8 Å². The molecule has 0 spiro atoms. The van der Waals surface area contributed by atoms with Crippen molar-refractivity contribution >= 4 is 30.7 Å². The average Bonchev–Trinajstić information content (AvgIpc) is 3.11. The molecule has 1 heterocycles. The molecule has 4 nitrogen and oxygen atoms in total. The largest absolute Gasteiger partial charge is 0.354 e. The number of halogens is 2. The third-order valence-corrected chi connectivity index (χ3v) is 4.81. The standard InChI is InChI=1S/C19H31N3O.2ClH/c1-3-22(4-2)18(16-9-6-5-7-10-16)15-21-19(23)13-12-17-11-8-14-20-17;;/h5-7,9-10,17-18,20H,3-4,8,11-15H2,1-2H3,(H,21,23);2*1H. The molecule has 1 fully saturated rings. The maximum absolute atomic E-state index is 12.2. The van der Waals surface area contributed by atoms with Crippen LogP contribution < -0.4 is 10.6 Å². The summed E-state index contributed by atoms with van der Waals surface area (Å²) in [7, 11) is 0. The van der Waals surface area contributed by atoms with Crippen molar-refractivity contribution in [2.24, 2.45) is 0 Å². The van der Waals surface area contributed by atoms with Crippen molar-refractivity contribution in [3.63, 3.8) is 0 Å². The van der Waals surface area contributed by atoms with E-state index in [2.05, 4.69) is 53.6 Å². The smallest absolute Gasteiger partial charge is 0.220 e. The number of nitrogens with zero attached hydrogens (tertiary/aromatic N) is 1. The number of benzene rings is 1. The van der Waals surface area contributed by atoms with Gasteiger partial charge in [-0.25, -0.2) is 0 Å². The Kier molecular flexibility index (Phi) is 13.0. The summed E-state index contributed by atoms with van der Waals surface area (Å²) in [6, 6.07) is 11.3. The van der Waals surface area contributed by atoms with E-state index in [0.717, 1.165) is 26.1 Å². The van der Waals surface area contributed by atoms with E-state index in [1.807, 2.05) is 6.07 Å². The lowest BCUT2D eigenvalue weighted by atomic mass is 10.0. The molecule has 2 rings (SSSR count). The molecule has 1 aliphatic heterocycles. The molecule has 144 valence electrons. The molecule has 0 bridgehead atoms. The fourth-order valence-electron chi connectivity index (χ4n) is 3.40. The number of nitrogens with one attached hydrogen (secondary N) is 2. The second kappa shape index (κ2) is 13.4. The topological polar surface area (TPSA) is 44.4 Å². The Hall–Kier alpha value is -0.810. The predicted molar refractivity (Wildman–Crippen MR) is 110 cm³/mol. The van der Waals surface area contributed by atoms with Crippen LogP contribution in [0.15, 0.2) is 30.3 Å². The van der Waals surface area contributed by atoms with Gasteiger partial charge in [-0.1, -0.05) is 44.2 Å². The monoisotopic (exact) mass is 389 g/mol. The van der Waals surface area contributed by atoms with E-state index in [4.69, 9.17) is 0 Å². The van der Waals surface area contributed by atoms with E-state index >= 15 is 0 Å². The lowest BCUT2D eigenvalue weighted by Crippen LogP contribution is -2.38. The average molecular weight is 390 g/mol. The van der Waals surface area contributed by atoms with Gasteiger partial charge in [0, 0.05) is 19.0 Å². The summed E-state index contributed by atoms with van der Waals surface area (Å²) in [6.07, 6.45) is 4.02. The van der Waals surface area contributed by atoms with Crippen LogP contribution in [0.2, 0.25) is 0 Å². The first-order chi connectivity index (χ1) is 11.2. The molecule has 0 aromatic heterocycles. The van der Waals surface area contributed by atoms with Gasteiger partial charge in [-0.2, -0.15) is 0 Å². The minimum atomic E-state index is 0. The van der Waals surface area contributed by atoms with Crippen molar-refractivity contribution in [3.8, 4) is 0 Å². The second-order valence-electron chi connectivity index (χ2n) is 6.28. The van der Waals surface area contributed by atoms with Gasteiger partial charge in [0.15, 0.2) is 0 Å². The maximum Gasteiger partial charge on any atom is 0.220 e. The molecule has 2 atom stereocenters. The van der Waals surface area contributed by atoms with Crippen LogP contribution in [0.5, 0.6) is 0 Å². The first-order valence-electron chi connectivity index (χ1n) is 9.03. The van der Waals surface area contributed by atoms with E-state index in [9.17, 15) is 4.79 Å². The molecule has 1 aromatic carbocycles. The Balaban J connectivity index is 0.00000288. The zero-order valence-electron chi connectivity index (χ0n) is 15.4. The second-order valence-corrected chi connectivity index (χ2v) is 6.28. The Morgan fingerprint density at radius 1 is 1.24 bits per heavy atom. The molecule has 25 heavy (non-hydrogen) atoms. The highest BCUT2D eigenvalue weighted by molar-refractivity contribution is 5.85. The molecule has 2 unspecified atom stereocenters. The number of carbonyl (C=O) groups is 1. The van der Waals surface area contributed by atoms with Crippen LogP contribution >= 0.6 is 24.8 Å². The van der Waals surface area contributed by atoms with Crippen molar-refractivity contribution in [1.82, 2.24) is 15.5 Å². The summed E-state index contributed by atoms with van der Waals surface area (Å²) < 4.78 is 0. The van der Waals surface area contributed by atoms with Gasteiger partial charge in [-0.3, -0.25) is 9.69 Å². The summed E-state index contributed by atoms with van der Waals surface area (Å²) in [5.41, 5.74) is 1.27. The number of hydrogen-bond donors (Lipinski definition) is 2. The Morgan fingerprint density at radius 3 is 2.48 bits per heavy atom. The zero-order chi connectivity index (χ0) is 16.5. The third-order valence-electron chi connectivity index (χ3n) is 4.81. The molecule has 1 aliphatic rings. The van der Waals surface area contributed by atoms with E-state index in [0.29, 0.717) is 19.0 Å². The first-order valence-corrected chi connectivity index (χ1v) is 9.03. The van der Waals surface area contributed by atoms with E-state index in [1.165, 1.54) is 18.4 Å². The van der Waals surface area contributed by atoms with Crippen molar-refractivity contribution < 1.29 is 4.79 Å². The highest BCUT2D eigenvalue weighted by atomic mass is 35.5. The maximum atomic E-state index is 12.2. The van der Waals surface area contributed by atoms with Crippen molar-refractivity contribution in [1.29, 1.82) is 0 Å². The quantitative estimate of drug-likeness (QED) is 0.678. The first kappa shape index (κ1) is 24.2. The molecule has 1 saturated heterocycles. The zero-order valence-corrected chi connectivity index (χ0v) is 17.0. The number of likely N-dealkylation sites (N-methyl/N-ethyl adjacent to an activating group) is 1. The van der Waals surface area contributed by atoms with Crippen LogP contribution in [-0.2, 0) is 4.79 Å². The Morgan fingerprint density at radius 2 is 1.92 bits per heavy atom. The molecule has 0 aliphatic carbocycles. The summed E-state index contributed by atoms with van der Waals surface area (Å²) in [5, 5.41) is 6.60. The van der Waals surface area contributed by atoms with Crippen molar-refractivity contribution in [2.45, 2.75) is 51.6 Å². The van der Waals surface area contributed by atoms with Crippen LogP contribution in [0.3, 0.4) is 0 Å². The summed E-state index contributed by atoms with van der Waals surface area (Å²) >= 11 is 0. The summed E-state index contributed by atoms with van der Waals surface area (Å²) in [5.74, 6) is 0.173. The van der Waals surface area contributed by atoms with Gasteiger partial charge in [0.1, 0.15) is 0 Å². The lowest BCUT2D eigenvalue weighted by Gasteiger charge is -2.30. The Bertz CT molecular complexity index is 463. The molecule has 6 heteroatoms. The van der Waals surface area contributed by atoms with E-state index in [-0.39, 0.29) is 36.8 Å². The van der Waals surface area contributed by atoms with Crippen LogP contribution in [-0.4, -0.2) is 43.0 Å². The minimum absolute atomic E-state index is 0. The van der Waals surface area contributed by atoms with Crippen molar-refractivity contribution in [3.05, 3.63) is 35.9 Å². The molecular weight excluding hydrogens is 357 g/mol. The molecular formula is C19H33Cl2N3O. The molecule has 2 N–H and O–H groups in total. The minimum Gasteiger partial charge on any atom is -0.354 e. The van der Waals surface area contributed by atoms with Crippen LogP contribution in [0.25, 0.3) is 0 Å².